The largest absolute Gasteiger partial charge is 0.403 e. The highest BCUT2D eigenvalue weighted by Gasteiger charge is 2.09. The highest BCUT2D eigenvalue weighted by Crippen LogP contribution is 2.27. The van der Waals surface area contributed by atoms with Crippen LogP contribution in [0.15, 0.2) is 36.7 Å². The molecule has 1 aromatic carbocycles. The lowest BCUT2D eigenvalue weighted by Gasteiger charge is -2.07. The third-order valence-electron chi connectivity index (χ3n) is 2.73. The van der Waals surface area contributed by atoms with Crippen molar-refractivity contribution in [2.75, 3.05) is 0 Å². The van der Waals surface area contributed by atoms with E-state index in [0.717, 1.165) is 16.5 Å². The first-order chi connectivity index (χ1) is 9.26. The Morgan fingerprint density at radius 3 is 2.89 bits per heavy atom. The molecule has 0 aliphatic rings. The van der Waals surface area contributed by atoms with E-state index in [1.165, 1.54) is 0 Å². The maximum atomic E-state index is 5.65. The maximum absolute atomic E-state index is 5.65. The number of fused-ring (bicyclic) bond motifs is 1. The Labute approximate surface area is 109 Å². The van der Waals surface area contributed by atoms with Gasteiger partial charge in [0.1, 0.15) is 6.33 Å². The molecule has 2 heterocycles. The average Bonchev–Trinajstić information content (AvgIpc) is 2.84. The number of ether oxygens (including phenoxy) is 1. The highest BCUT2D eigenvalue weighted by atomic mass is 16.5. The molecule has 0 aliphatic heterocycles. The Hall–Kier alpha value is -2.47. The van der Waals surface area contributed by atoms with Crippen LogP contribution >= 0.6 is 0 Å². The fourth-order valence-corrected chi connectivity index (χ4v) is 1.86. The van der Waals surface area contributed by atoms with Gasteiger partial charge in [0.2, 0.25) is 5.88 Å². The van der Waals surface area contributed by atoms with Crippen molar-refractivity contribution >= 4 is 10.8 Å². The van der Waals surface area contributed by atoms with Gasteiger partial charge in [-0.2, -0.15) is 4.98 Å². The number of aryl methyl sites for hydroxylation is 1. The number of hydrogen-bond acceptors (Lipinski definition) is 5. The second-order valence-corrected chi connectivity index (χ2v) is 4.15. The summed E-state index contributed by atoms with van der Waals surface area (Å²) in [7, 11) is 1.78. The molecule has 6 nitrogen and oxygen atoms in total. The van der Waals surface area contributed by atoms with Crippen molar-refractivity contribution in [3.05, 3.63) is 42.4 Å². The smallest absolute Gasteiger partial charge is 0.342 e. The van der Waals surface area contributed by atoms with Crippen LogP contribution in [-0.4, -0.2) is 19.7 Å². The maximum Gasteiger partial charge on any atom is 0.342 e. The summed E-state index contributed by atoms with van der Waals surface area (Å²) >= 11 is 0. The summed E-state index contributed by atoms with van der Waals surface area (Å²) in [5.74, 6) is 0.477. The molecule has 0 unspecified atom stereocenters. The van der Waals surface area contributed by atoms with Gasteiger partial charge in [0.25, 0.3) is 0 Å². The number of rotatable bonds is 3. The van der Waals surface area contributed by atoms with Crippen molar-refractivity contribution in [2.24, 2.45) is 12.8 Å². The van der Waals surface area contributed by atoms with E-state index in [-0.39, 0.29) is 6.01 Å². The van der Waals surface area contributed by atoms with Crippen molar-refractivity contribution in [2.45, 2.75) is 6.54 Å². The quantitative estimate of drug-likeness (QED) is 0.769. The number of pyridine rings is 1. The van der Waals surface area contributed by atoms with Gasteiger partial charge in [-0.3, -0.25) is 4.68 Å². The molecule has 0 amide bonds. The average molecular weight is 255 g/mol. The first kappa shape index (κ1) is 11.6. The van der Waals surface area contributed by atoms with E-state index in [0.29, 0.717) is 12.4 Å². The zero-order valence-electron chi connectivity index (χ0n) is 10.4. The van der Waals surface area contributed by atoms with Crippen molar-refractivity contribution in [1.82, 2.24) is 19.7 Å². The van der Waals surface area contributed by atoms with Gasteiger partial charge in [-0.15, -0.1) is 5.10 Å². The van der Waals surface area contributed by atoms with Crippen molar-refractivity contribution in [3.63, 3.8) is 0 Å². The van der Waals surface area contributed by atoms with E-state index in [9.17, 15) is 0 Å². The standard InChI is InChI=1S/C13H13N5O/c1-18-8-15-13(17-18)19-12-11-5-3-2-4-9(11)6-10(7-14)16-12/h2-6,8H,7,14H2,1H3. The zero-order valence-corrected chi connectivity index (χ0v) is 10.4. The number of nitrogens with two attached hydrogens (primary N) is 1. The molecular formula is C13H13N5O. The molecule has 0 aliphatic carbocycles. The van der Waals surface area contributed by atoms with E-state index in [1.54, 1.807) is 18.1 Å². The lowest BCUT2D eigenvalue weighted by molar-refractivity contribution is 0.426. The van der Waals surface area contributed by atoms with Gasteiger partial charge in [-0.1, -0.05) is 18.2 Å². The minimum absolute atomic E-state index is 0.273. The van der Waals surface area contributed by atoms with Gasteiger partial charge in [0.05, 0.1) is 5.69 Å². The summed E-state index contributed by atoms with van der Waals surface area (Å²) in [5, 5.41) is 6.02. The number of nitrogens with zero attached hydrogens (tertiary/aromatic N) is 4. The zero-order chi connectivity index (χ0) is 13.2. The molecule has 3 rings (SSSR count). The van der Waals surface area contributed by atoms with Gasteiger partial charge in [0.15, 0.2) is 0 Å². The van der Waals surface area contributed by atoms with Crippen LogP contribution < -0.4 is 10.5 Å². The van der Waals surface area contributed by atoms with Crippen LogP contribution in [0.4, 0.5) is 0 Å². The summed E-state index contributed by atoms with van der Waals surface area (Å²) in [6.45, 7) is 0.358. The van der Waals surface area contributed by atoms with Crippen LogP contribution in [0, 0.1) is 0 Å². The number of benzene rings is 1. The van der Waals surface area contributed by atoms with E-state index in [1.807, 2.05) is 30.3 Å². The molecule has 0 atom stereocenters. The molecule has 2 N–H and O–H groups in total. The minimum atomic E-state index is 0.273. The van der Waals surface area contributed by atoms with E-state index >= 15 is 0 Å². The Kier molecular flexibility index (Phi) is 2.85. The molecule has 0 saturated carbocycles. The Morgan fingerprint density at radius 1 is 1.32 bits per heavy atom. The summed E-state index contributed by atoms with van der Waals surface area (Å²) in [6, 6.07) is 10.1. The van der Waals surface area contributed by atoms with E-state index in [2.05, 4.69) is 15.1 Å². The number of hydrogen-bond donors (Lipinski definition) is 1. The molecule has 19 heavy (non-hydrogen) atoms. The highest BCUT2D eigenvalue weighted by molar-refractivity contribution is 5.87. The summed E-state index contributed by atoms with van der Waals surface area (Å²) in [5.41, 5.74) is 6.42. The second kappa shape index (κ2) is 4.66. The van der Waals surface area contributed by atoms with Crippen LogP contribution in [0.2, 0.25) is 0 Å². The monoisotopic (exact) mass is 255 g/mol. The lowest BCUT2D eigenvalue weighted by Crippen LogP contribution is -2.02. The van der Waals surface area contributed by atoms with Crippen LogP contribution in [-0.2, 0) is 13.6 Å². The molecule has 0 radical (unpaired) electrons. The van der Waals surface area contributed by atoms with Gasteiger partial charge in [-0.25, -0.2) is 4.98 Å². The van der Waals surface area contributed by atoms with Gasteiger partial charge in [-0.05, 0) is 17.5 Å². The Morgan fingerprint density at radius 2 is 2.16 bits per heavy atom. The second-order valence-electron chi connectivity index (χ2n) is 4.15. The number of aromatic nitrogens is 4. The fourth-order valence-electron chi connectivity index (χ4n) is 1.86. The normalized spacial score (nSPS) is 10.8. The third kappa shape index (κ3) is 2.25. The first-order valence-electron chi connectivity index (χ1n) is 5.88. The molecule has 0 spiro atoms. The molecule has 0 bridgehead atoms. The van der Waals surface area contributed by atoms with E-state index in [4.69, 9.17) is 10.5 Å². The lowest BCUT2D eigenvalue weighted by atomic mass is 10.1. The minimum Gasteiger partial charge on any atom is -0.403 e. The molecule has 96 valence electrons. The van der Waals surface area contributed by atoms with Gasteiger partial charge in [0, 0.05) is 19.0 Å². The van der Waals surface area contributed by atoms with Crippen LogP contribution in [0.3, 0.4) is 0 Å². The first-order valence-corrected chi connectivity index (χ1v) is 5.88. The summed E-state index contributed by atoms with van der Waals surface area (Å²) < 4.78 is 7.22. The summed E-state index contributed by atoms with van der Waals surface area (Å²) in [4.78, 5) is 8.42. The molecule has 3 aromatic rings. The predicted molar refractivity (Wildman–Crippen MR) is 70.7 cm³/mol. The van der Waals surface area contributed by atoms with Gasteiger partial charge < -0.3 is 10.5 Å². The third-order valence-corrected chi connectivity index (χ3v) is 2.73. The van der Waals surface area contributed by atoms with Crippen LogP contribution in [0.5, 0.6) is 11.9 Å². The van der Waals surface area contributed by atoms with Crippen molar-refractivity contribution < 1.29 is 4.74 Å². The van der Waals surface area contributed by atoms with Crippen LogP contribution in [0.1, 0.15) is 5.69 Å². The molecule has 6 heteroatoms. The molecule has 0 saturated heterocycles. The fraction of sp³-hybridized carbons (Fsp3) is 0.154. The topological polar surface area (TPSA) is 78.8 Å². The molecule has 2 aromatic heterocycles. The SMILES string of the molecule is Cn1cnc(Oc2nc(CN)cc3ccccc23)n1. The predicted octanol–water partition coefficient (Wildman–Crippen LogP) is 1.61. The Bertz CT molecular complexity index is 722. The molecular weight excluding hydrogens is 242 g/mol. The van der Waals surface area contributed by atoms with Crippen LogP contribution in [0.25, 0.3) is 10.8 Å². The molecule has 0 fully saturated rings. The summed E-state index contributed by atoms with van der Waals surface area (Å²) in [6.07, 6.45) is 1.57. The Balaban J connectivity index is 2.10. The van der Waals surface area contributed by atoms with Crippen molar-refractivity contribution in [1.29, 1.82) is 0 Å². The van der Waals surface area contributed by atoms with E-state index < -0.39 is 0 Å². The van der Waals surface area contributed by atoms with Crippen molar-refractivity contribution in [3.8, 4) is 11.9 Å². The van der Waals surface area contributed by atoms with Gasteiger partial charge >= 0.3 is 6.01 Å².